The minimum absolute atomic E-state index is 0.0150. The molecule has 0 radical (unpaired) electrons. The van der Waals surface area contributed by atoms with Crippen LogP contribution in [0.15, 0.2) is 40.9 Å². The molecule has 0 bridgehead atoms. The van der Waals surface area contributed by atoms with E-state index in [2.05, 4.69) is 31.5 Å². The number of halogens is 1. The Balaban J connectivity index is 1.63. The Kier molecular flexibility index (Phi) is 5.68. The first-order chi connectivity index (χ1) is 12.4. The van der Waals surface area contributed by atoms with Gasteiger partial charge in [-0.3, -0.25) is 9.59 Å². The second-order valence-corrected chi connectivity index (χ2v) is 7.96. The maximum Gasteiger partial charge on any atom is 0.224 e. The van der Waals surface area contributed by atoms with Gasteiger partial charge in [0.25, 0.3) is 0 Å². The normalized spacial score (nSPS) is 10.7. The summed E-state index contributed by atoms with van der Waals surface area (Å²) in [6, 6.07) is 11.7. The van der Waals surface area contributed by atoms with Gasteiger partial charge in [0.05, 0.1) is 10.2 Å². The summed E-state index contributed by atoms with van der Waals surface area (Å²) < 4.78 is 1.99. The van der Waals surface area contributed by atoms with Gasteiger partial charge in [0.2, 0.25) is 11.8 Å². The molecule has 0 saturated carbocycles. The fourth-order valence-electron chi connectivity index (χ4n) is 2.57. The number of aryl methyl sites for hydroxylation is 2. The van der Waals surface area contributed by atoms with Gasteiger partial charge in [-0.15, -0.1) is 0 Å². The van der Waals surface area contributed by atoms with Crippen molar-refractivity contribution >= 4 is 60.1 Å². The van der Waals surface area contributed by atoms with Gasteiger partial charge < -0.3 is 10.6 Å². The van der Waals surface area contributed by atoms with Crippen LogP contribution >= 0.6 is 27.3 Å². The van der Waals surface area contributed by atoms with Crippen molar-refractivity contribution in [3.63, 3.8) is 0 Å². The minimum atomic E-state index is -0.135. The third-order valence-corrected chi connectivity index (χ3v) is 5.27. The zero-order valence-corrected chi connectivity index (χ0v) is 16.8. The van der Waals surface area contributed by atoms with Gasteiger partial charge in [-0.2, -0.15) is 0 Å². The van der Waals surface area contributed by atoms with Crippen molar-refractivity contribution in [1.82, 2.24) is 4.98 Å². The van der Waals surface area contributed by atoms with E-state index in [1.165, 1.54) is 18.3 Å². The molecule has 3 rings (SSSR count). The highest BCUT2D eigenvalue weighted by Gasteiger charge is 2.09. The van der Waals surface area contributed by atoms with Crippen LogP contribution in [-0.4, -0.2) is 16.8 Å². The molecule has 2 aromatic carbocycles. The highest BCUT2D eigenvalue weighted by atomic mass is 79.9. The predicted octanol–water partition coefficient (Wildman–Crippen LogP) is 4.90. The lowest BCUT2D eigenvalue weighted by Crippen LogP contribution is -2.13. The second-order valence-electron chi connectivity index (χ2n) is 6.01. The zero-order valence-electron chi connectivity index (χ0n) is 14.4. The number of hydrogen-bond acceptors (Lipinski definition) is 4. The van der Waals surface area contributed by atoms with Crippen LogP contribution in [0.1, 0.15) is 24.5 Å². The number of aromatic nitrogens is 1. The van der Waals surface area contributed by atoms with E-state index in [-0.39, 0.29) is 11.8 Å². The van der Waals surface area contributed by atoms with E-state index in [0.717, 1.165) is 31.5 Å². The van der Waals surface area contributed by atoms with Gasteiger partial charge in [0, 0.05) is 23.5 Å². The number of anilines is 2. The molecular weight excluding hydrogens is 414 g/mol. The van der Waals surface area contributed by atoms with Crippen LogP contribution in [-0.2, 0) is 16.0 Å². The monoisotopic (exact) mass is 431 g/mol. The Hall–Kier alpha value is -2.25. The van der Waals surface area contributed by atoms with Crippen LogP contribution in [0.3, 0.4) is 0 Å². The molecule has 3 aromatic rings. The van der Waals surface area contributed by atoms with Gasteiger partial charge in [-0.25, -0.2) is 4.98 Å². The zero-order chi connectivity index (χ0) is 18.7. The number of fused-ring (bicyclic) bond motifs is 1. The number of rotatable bonds is 5. The number of carbonyl (C=O) groups excluding carboxylic acids is 2. The van der Waals surface area contributed by atoms with E-state index in [1.54, 1.807) is 0 Å². The molecule has 7 heteroatoms. The first-order valence-corrected chi connectivity index (χ1v) is 9.75. The summed E-state index contributed by atoms with van der Waals surface area (Å²) in [5.41, 5.74) is 3.76. The molecule has 1 aromatic heterocycles. The summed E-state index contributed by atoms with van der Waals surface area (Å²) in [6.45, 7) is 3.42. The van der Waals surface area contributed by atoms with E-state index < -0.39 is 0 Å². The summed E-state index contributed by atoms with van der Waals surface area (Å²) >= 11 is 4.85. The number of nitrogens with one attached hydrogen (secondary N) is 2. The Labute approximate surface area is 164 Å². The number of carbonyl (C=O) groups is 2. The van der Waals surface area contributed by atoms with Crippen molar-refractivity contribution < 1.29 is 9.59 Å². The van der Waals surface area contributed by atoms with E-state index in [9.17, 15) is 9.59 Å². The van der Waals surface area contributed by atoms with Crippen molar-refractivity contribution in [1.29, 1.82) is 0 Å². The Morgan fingerprint density at radius 1 is 1.15 bits per heavy atom. The molecule has 0 aliphatic carbocycles. The van der Waals surface area contributed by atoms with E-state index in [4.69, 9.17) is 0 Å². The van der Waals surface area contributed by atoms with Crippen molar-refractivity contribution in [2.75, 3.05) is 10.6 Å². The number of amides is 2. The van der Waals surface area contributed by atoms with Crippen LogP contribution in [0.4, 0.5) is 10.8 Å². The largest absolute Gasteiger partial charge is 0.326 e. The Bertz CT molecular complexity index is 984. The summed E-state index contributed by atoms with van der Waals surface area (Å²) in [4.78, 5) is 27.7. The first-order valence-electron chi connectivity index (χ1n) is 8.14. The molecule has 26 heavy (non-hydrogen) atoms. The summed E-state index contributed by atoms with van der Waals surface area (Å²) in [6.07, 6.45) is 1.04. The molecule has 0 aliphatic rings. The third-order valence-electron chi connectivity index (χ3n) is 3.84. The molecule has 0 aliphatic heterocycles. The molecule has 2 amide bonds. The fourth-order valence-corrected chi connectivity index (χ4v) is 4.02. The smallest absolute Gasteiger partial charge is 0.224 e. The van der Waals surface area contributed by atoms with Crippen LogP contribution in [0.5, 0.6) is 0 Å². The SMILES string of the molecule is CC(=O)Nc1nc2ccc(CCC(=O)Nc3ccc(Br)cc3C)cc2s1. The van der Waals surface area contributed by atoms with Crippen LogP contribution in [0.25, 0.3) is 10.2 Å². The number of benzene rings is 2. The third kappa shape index (κ3) is 4.68. The fraction of sp³-hybridized carbons (Fsp3) is 0.211. The van der Waals surface area contributed by atoms with Crippen molar-refractivity contribution in [2.45, 2.75) is 26.7 Å². The van der Waals surface area contributed by atoms with Crippen molar-refractivity contribution in [3.8, 4) is 0 Å². The van der Waals surface area contributed by atoms with Crippen LogP contribution in [0.2, 0.25) is 0 Å². The van der Waals surface area contributed by atoms with Gasteiger partial charge >= 0.3 is 0 Å². The van der Waals surface area contributed by atoms with Crippen molar-refractivity contribution in [2.24, 2.45) is 0 Å². The molecule has 1 heterocycles. The molecule has 0 spiro atoms. The molecule has 0 saturated heterocycles. The molecule has 0 fully saturated rings. The average Bonchev–Trinajstić information content (AvgIpc) is 2.96. The highest BCUT2D eigenvalue weighted by Crippen LogP contribution is 2.27. The predicted molar refractivity (Wildman–Crippen MR) is 110 cm³/mol. The topological polar surface area (TPSA) is 71.1 Å². The lowest BCUT2D eigenvalue weighted by atomic mass is 10.1. The maximum atomic E-state index is 12.2. The quantitative estimate of drug-likeness (QED) is 0.603. The number of thiazole rings is 1. The first kappa shape index (κ1) is 18.5. The maximum absolute atomic E-state index is 12.2. The highest BCUT2D eigenvalue weighted by molar-refractivity contribution is 9.10. The van der Waals surface area contributed by atoms with Crippen LogP contribution in [0, 0.1) is 6.92 Å². The molecule has 134 valence electrons. The minimum Gasteiger partial charge on any atom is -0.326 e. The van der Waals surface area contributed by atoms with E-state index in [0.29, 0.717) is 18.0 Å². The Morgan fingerprint density at radius 3 is 2.69 bits per heavy atom. The summed E-state index contributed by atoms with van der Waals surface area (Å²) in [5.74, 6) is -0.150. The summed E-state index contributed by atoms with van der Waals surface area (Å²) in [5, 5.41) is 6.25. The lowest BCUT2D eigenvalue weighted by Gasteiger charge is -2.09. The van der Waals surface area contributed by atoms with E-state index >= 15 is 0 Å². The van der Waals surface area contributed by atoms with Gasteiger partial charge in [0.1, 0.15) is 0 Å². The lowest BCUT2D eigenvalue weighted by molar-refractivity contribution is -0.116. The van der Waals surface area contributed by atoms with Gasteiger partial charge in [-0.1, -0.05) is 33.3 Å². The molecular formula is C19H18BrN3O2S. The molecule has 5 nitrogen and oxygen atoms in total. The van der Waals surface area contributed by atoms with Crippen molar-refractivity contribution in [3.05, 3.63) is 52.0 Å². The average molecular weight is 432 g/mol. The number of hydrogen-bond donors (Lipinski definition) is 2. The standard InChI is InChI=1S/C19H18BrN3O2S/c1-11-9-14(20)5-7-15(11)22-18(25)8-4-13-3-6-16-17(10-13)26-19(23-16)21-12(2)24/h3,5-7,9-10H,4,8H2,1-2H3,(H,22,25)(H,21,23,24). The second kappa shape index (κ2) is 7.97. The van der Waals surface area contributed by atoms with Crippen LogP contribution < -0.4 is 10.6 Å². The molecule has 2 N–H and O–H groups in total. The molecule has 0 unspecified atom stereocenters. The Morgan fingerprint density at radius 2 is 1.96 bits per heavy atom. The molecule has 0 atom stereocenters. The van der Waals surface area contributed by atoms with Gasteiger partial charge in [0.15, 0.2) is 5.13 Å². The number of nitrogens with zero attached hydrogens (tertiary/aromatic N) is 1. The van der Waals surface area contributed by atoms with E-state index in [1.807, 2.05) is 43.3 Å². The summed E-state index contributed by atoms with van der Waals surface area (Å²) in [7, 11) is 0. The van der Waals surface area contributed by atoms with Gasteiger partial charge in [-0.05, 0) is 54.8 Å².